The molecule has 0 aliphatic carbocycles. The lowest BCUT2D eigenvalue weighted by Crippen LogP contribution is -2.43. The van der Waals surface area contributed by atoms with Gasteiger partial charge in [0.05, 0.1) is 19.8 Å². The summed E-state index contributed by atoms with van der Waals surface area (Å²) in [5.41, 5.74) is 0.676. The highest BCUT2D eigenvalue weighted by molar-refractivity contribution is 6.19. The molecule has 0 fully saturated rings. The van der Waals surface area contributed by atoms with Gasteiger partial charge in [-0.3, -0.25) is 14.4 Å². The summed E-state index contributed by atoms with van der Waals surface area (Å²) >= 11 is 0. The van der Waals surface area contributed by atoms with E-state index < -0.39 is 29.7 Å². The third-order valence-corrected chi connectivity index (χ3v) is 4.56. The number of rotatable bonds is 9. The van der Waals surface area contributed by atoms with E-state index in [4.69, 9.17) is 14.2 Å². The lowest BCUT2D eigenvalue weighted by molar-refractivity contribution is -0.159. The number of hydrogen-bond acceptors (Lipinski definition) is 7. The van der Waals surface area contributed by atoms with Crippen LogP contribution < -0.4 is 0 Å². The van der Waals surface area contributed by atoms with Crippen LogP contribution in [0.15, 0.2) is 41.5 Å². The van der Waals surface area contributed by atoms with Crippen molar-refractivity contribution < 1.29 is 33.4 Å². The molecular weight excluding hydrogens is 390 g/mol. The Morgan fingerprint density at radius 2 is 1.50 bits per heavy atom. The van der Waals surface area contributed by atoms with Gasteiger partial charge in [-0.05, 0) is 38.3 Å². The van der Waals surface area contributed by atoms with E-state index in [-0.39, 0.29) is 43.9 Å². The van der Waals surface area contributed by atoms with Gasteiger partial charge in [0.1, 0.15) is 5.57 Å². The molecule has 0 radical (unpaired) electrons. The molecule has 2 rings (SSSR count). The molecule has 1 amide bonds. The van der Waals surface area contributed by atoms with Crippen LogP contribution in [-0.4, -0.2) is 55.1 Å². The molecule has 0 N–H and O–H groups in total. The molecule has 1 aromatic rings. The molecule has 0 saturated heterocycles. The summed E-state index contributed by atoms with van der Waals surface area (Å²) in [6.07, 6.45) is 0.148. The maximum Gasteiger partial charge on any atom is 0.343 e. The minimum atomic E-state index is -1.48. The van der Waals surface area contributed by atoms with Crippen molar-refractivity contribution in [2.45, 2.75) is 33.7 Å². The number of carbonyl (C=O) groups excluding carboxylic acids is 4. The van der Waals surface area contributed by atoms with Crippen molar-refractivity contribution in [3.8, 4) is 0 Å². The first kappa shape index (κ1) is 23.1. The summed E-state index contributed by atoms with van der Waals surface area (Å²) in [5.74, 6) is -4.63. The van der Waals surface area contributed by atoms with Gasteiger partial charge >= 0.3 is 17.9 Å². The zero-order valence-electron chi connectivity index (χ0n) is 17.5. The van der Waals surface area contributed by atoms with Crippen LogP contribution in [0.5, 0.6) is 0 Å². The summed E-state index contributed by atoms with van der Waals surface area (Å²) in [6, 6.07) is 9.32. The Bertz CT molecular complexity index is 798. The molecule has 162 valence electrons. The van der Waals surface area contributed by atoms with Crippen molar-refractivity contribution in [3.05, 3.63) is 47.0 Å². The highest BCUT2D eigenvalue weighted by Gasteiger charge is 2.42. The van der Waals surface area contributed by atoms with Gasteiger partial charge < -0.3 is 19.1 Å². The van der Waals surface area contributed by atoms with Crippen LogP contribution in [-0.2, 0) is 39.9 Å². The summed E-state index contributed by atoms with van der Waals surface area (Å²) in [7, 11) is 0. The van der Waals surface area contributed by atoms with Gasteiger partial charge in [-0.15, -0.1) is 0 Å². The van der Waals surface area contributed by atoms with Crippen LogP contribution >= 0.6 is 0 Å². The SMILES string of the molecule is CCOC(=O)C1=C(C(C(=O)OCC)C(=O)OCC)CCN(Cc2ccccc2)C1=O. The van der Waals surface area contributed by atoms with Crippen molar-refractivity contribution in [2.24, 2.45) is 5.92 Å². The number of ether oxygens (including phenoxy) is 3. The minimum Gasteiger partial charge on any atom is -0.465 e. The predicted molar refractivity (Wildman–Crippen MR) is 107 cm³/mol. The van der Waals surface area contributed by atoms with Crippen molar-refractivity contribution in [2.75, 3.05) is 26.4 Å². The van der Waals surface area contributed by atoms with Gasteiger partial charge in [-0.2, -0.15) is 0 Å². The number of carbonyl (C=O) groups is 4. The quantitative estimate of drug-likeness (QED) is 0.262. The average Bonchev–Trinajstić information content (AvgIpc) is 2.71. The van der Waals surface area contributed by atoms with Crippen molar-refractivity contribution >= 4 is 23.8 Å². The van der Waals surface area contributed by atoms with Crippen LogP contribution in [0, 0.1) is 5.92 Å². The van der Waals surface area contributed by atoms with Crippen molar-refractivity contribution in [1.82, 2.24) is 4.90 Å². The minimum absolute atomic E-state index is 0.0465. The first-order chi connectivity index (χ1) is 14.4. The maximum atomic E-state index is 13.2. The number of nitrogens with zero attached hydrogens (tertiary/aromatic N) is 1. The monoisotopic (exact) mass is 417 g/mol. The summed E-state index contributed by atoms with van der Waals surface area (Å²) in [6.45, 7) is 5.49. The molecule has 0 spiro atoms. The molecule has 8 heteroatoms. The fourth-order valence-corrected chi connectivity index (χ4v) is 3.27. The Morgan fingerprint density at radius 3 is 2.03 bits per heavy atom. The zero-order chi connectivity index (χ0) is 22.1. The third-order valence-electron chi connectivity index (χ3n) is 4.56. The first-order valence-corrected chi connectivity index (χ1v) is 10.0. The van der Waals surface area contributed by atoms with Crippen molar-refractivity contribution in [3.63, 3.8) is 0 Å². The van der Waals surface area contributed by atoms with Crippen LogP contribution in [0.1, 0.15) is 32.8 Å². The van der Waals surface area contributed by atoms with Crippen LogP contribution in [0.25, 0.3) is 0 Å². The Hall–Kier alpha value is -3.16. The highest BCUT2D eigenvalue weighted by atomic mass is 16.6. The Balaban J connectivity index is 2.47. The molecular formula is C22H27NO7. The van der Waals surface area contributed by atoms with Gasteiger partial charge in [0.25, 0.3) is 5.91 Å². The van der Waals surface area contributed by atoms with Gasteiger partial charge in [-0.25, -0.2) is 4.79 Å². The summed E-state index contributed by atoms with van der Waals surface area (Å²) in [4.78, 5) is 52.4. The van der Waals surface area contributed by atoms with Gasteiger partial charge in [-0.1, -0.05) is 30.3 Å². The first-order valence-electron chi connectivity index (χ1n) is 10.0. The smallest absolute Gasteiger partial charge is 0.343 e. The molecule has 0 unspecified atom stereocenters. The summed E-state index contributed by atoms with van der Waals surface area (Å²) < 4.78 is 15.1. The molecule has 1 aromatic carbocycles. The molecule has 0 aromatic heterocycles. The van der Waals surface area contributed by atoms with E-state index in [0.29, 0.717) is 6.54 Å². The maximum absolute atomic E-state index is 13.2. The average molecular weight is 417 g/mol. The van der Waals surface area contributed by atoms with Crippen LogP contribution in [0.2, 0.25) is 0 Å². The molecule has 30 heavy (non-hydrogen) atoms. The second kappa shape index (κ2) is 11.1. The van der Waals surface area contributed by atoms with E-state index in [1.54, 1.807) is 20.8 Å². The Morgan fingerprint density at radius 1 is 0.933 bits per heavy atom. The normalized spacial score (nSPS) is 14.0. The van der Waals surface area contributed by atoms with Gasteiger partial charge in [0, 0.05) is 13.1 Å². The van der Waals surface area contributed by atoms with E-state index in [0.717, 1.165) is 5.56 Å². The standard InChI is InChI=1S/C22H27NO7/c1-4-28-20(25)17-16(18(21(26)29-5-2)22(27)30-6-3)12-13-23(19(17)24)14-15-10-8-7-9-11-15/h7-11,18H,4-6,12-14H2,1-3H3. The summed E-state index contributed by atoms with van der Waals surface area (Å²) in [5, 5.41) is 0. The molecule has 0 atom stereocenters. The Kier molecular flexibility index (Phi) is 8.58. The van der Waals surface area contributed by atoms with Gasteiger partial charge in [0.15, 0.2) is 5.92 Å². The van der Waals surface area contributed by atoms with E-state index in [1.165, 1.54) is 4.90 Å². The second-order valence-corrected chi connectivity index (χ2v) is 6.52. The topological polar surface area (TPSA) is 99.2 Å². The zero-order valence-corrected chi connectivity index (χ0v) is 17.5. The molecule has 0 bridgehead atoms. The molecule has 1 aliphatic heterocycles. The lowest BCUT2D eigenvalue weighted by Gasteiger charge is -2.31. The van der Waals surface area contributed by atoms with E-state index >= 15 is 0 Å². The Labute approximate surface area is 175 Å². The lowest BCUT2D eigenvalue weighted by atomic mass is 9.87. The van der Waals surface area contributed by atoms with Crippen LogP contribution in [0.4, 0.5) is 0 Å². The fourth-order valence-electron chi connectivity index (χ4n) is 3.27. The van der Waals surface area contributed by atoms with Crippen LogP contribution in [0.3, 0.4) is 0 Å². The second-order valence-electron chi connectivity index (χ2n) is 6.52. The van der Waals surface area contributed by atoms with Crippen molar-refractivity contribution in [1.29, 1.82) is 0 Å². The largest absolute Gasteiger partial charge is 0.465 e. The third kappa shape index (κ3) is 5.46. The molecule has 8 nitrogen and oxygen atoms in total. The molecule has 1 aliphatic rings. The van der Waals surface area contributed by atoms with Gasteiger partial charge in [0.2, 0.25) is 0 Å². The van der Waals surface area contributed by atoms with E-state index in [2.05, 4.69) is 0 Å². The van der Waals surface area contributed by atoms with E-state index in [1.807, 2.05) is 30.3 Å². The number of amides is 1. The molecule has 1 heterocycles. The molecule has 0 saturated carbocycles. The number of benzene rings is 1. The highest BCUT2D eigenvalue weighted by Crippen LogP contribution is 2.30. The predicted octanol–water partition coefficient (Wildman–Crippen LogP) is 2.02. The number of hydrogen-bond donors (Lipinski definition) is 0. The number of esters is 3. The van der Waals surface area contributed by atoms with E-state index in [9.17, 15) is 19.2 Å². The fraction of sp³-hybridized carbons (Fsp3) is 0.455.